The molecule has 0 aliphatic carbocycles. The van der Waals surface area contributed by atoms with Gasteiger partial charge in [-0.1, -0.05) is 35.3 Å². The molecule has 0 fully saturated rings. The van der Waals surface area contributed by atoms with Crippen LogP contribution in [0.4, 0.5) is 0 Å². The monoisotopic (exact) mass is 487 g/mol. The number of fused-ring (bicyclic) bond motifs is 1. The van der Waals surface area contributed by atoms with Crippen LogP contribution in [-0.4, -0.2) is 32.1 Å². The van der Waals surface area contributed by atoms with Crippen molar-refractivity contribution in [2.45, 2.75) is 19.8 Å². The third-order valence-corrected chi connectivity index (χ3v) is 5.33. The highest BCUT2D eigenvalue weighted by Gasteiger charge is 2.16. The van der Waals surface area contributed by atoms with Crippen LogP contribution in [0.15, 0.2) is 34.8 Å². The molecule has 0 saturated heterocycles. The lowest BCUT2D eigenvalue weighted by molar-refractivity contribution is -0.139. The van der Waals surface area contributed by atoms with E-state index < -0.39 is 11.9 Å². The molecule has 0 bridgehead atoms. The van der Waals surface area contributed by atoms with Gasteiger partial charge in [-0.25, -0.2) is 0 Å². The topological polar surface area (TPSA) is 64.6 Å². The van der Waals surface area contributed by atoms with Crippen molar-refractivity contribution in [2.24, 2.45) is 0 Å². The van der Waals surface area contributed by atoms with Crippen molar-refractivity contribution in [3.8, 4) is 5.75 Å². The average Bonchev–Trinajstić information content (AvgIpc) is 2.69. The van der Waals surface area contributed by atoms with E-state index in [1.54, 1.807) is 18.2 Å². The Hall–Kier alpha value is -1.76. The van der Waals surface area contributed by atoms with Gasteiger partial charge in [0.25, 0.3) is 5.91 Å². The number of hydrogen-bond acceptors (Lipinski definition) is 4. The van der Waals surface area contributed by atoms with Crippen molar-refractivity contribution in [1.82, 2.24) is 5.32 Å². The minimum atomic E-state index is -0.545. The Bertz CT molecular complexity index is 822. The van der Waals surface area contributed by atoms with Crippen molar-refractivity contribution in [3.63, 3.8) is 0 Å². The zero-order valence-corrected chi connectivity index (χ0v) is 18.6. The molecular weight excluding hydrogens is 469 g/mol. The van der Waals surface area contributed by atoms with Gasteiger partial charge in [-0.15, -0.1) is 0 Å². The van der Waals surface area contributed by atoms with Crippen LogP contribution in [0.5, 0.6) is 5.75 Å². The molecule has 0 saturated carbocycles. The first-order valence-electron chi connectivity index (χ1n) is 8.55. The van der Waals surface area contributed by atoms with Crippen LogP contribution in [0.2, 0.25) is 10.0 Å². The van der Waals surface area contributed by atoms with Crippen LogP contribution in [0, 0.1) is 6.92 Å². The molecule has 3 rings (SSSR count). The molecule has 1 aliphatic rings. The van der Waals surface area contributed by atoms with Crippen molar-refractivity contribution in [3.05, 3.63) is 61.5 Å². The maximum atomic E-state index is 11.6. The summed E-state index contributed by atoms with van der Waals surface area (Å²) in [6, 6.07) is 8.90. The predicted molar refractivity (Wildman–Crippen MR) is 114 cm³/mol. The molecule has 0 atom stereocenters. The van der Waals surface area contributed by atoms with E-state index >= 15 is 0 Å². The number of nitrogens with one attached hydrogen (secondary N) is 1. The van der Waals surface area contributed by atoms with Gasteiger partial charge < -0.3 is 14.8 Å². The molecule has 2 aromatic rings. The quantitative estimate of drug-likeness (QED) is 0.619. The molecule has 5 nitrogen and oxygen atoms in total. The van der Waals surface area contributed by atoms with Gasteiger partial charge in [0.1, 0.15) is 12.3 Å². The van der Waals surface area contributed by atoms with Gasteiger partial charge in [0.05, 0.1) is 33.8 Å². The summed E-state index contributed by atoms with van der Waals surface area (Å²) in [4.78, 5) is 22.4. The molecule has 8 heteroatoms. The van der Waals surface area contributed by atoms with Gasteiger partial charge in [0.15, 0.2) is 0 Å². The summed E-state index contributed by atoms with van der Waals surface area (Å²) < 4.78 is 11.1. The Morgan fingerprint density at radius 2 is 1.89 bits per heavy atom. The Morgan fingerprint density at radius 1 is 1.21 bits per heavy atom. The number of benzene rings is 2. The molecule has 150 valence electrons. The number of halogens is 3. The van der Waals surface area contributed by atoms with Crippen LogP contribution in [0.3, 0.4) is 0 Å². The third-order valence-electron chi connectivity index (χ3n) is 4.07. The number of ether oxygens (including phenoxy) is 2. The first-order chi connectivity index (χ1) is 13.3. The number of hydrogen-bond donors (Lipinski definition) is 1. The normalized spacial score (nSPS) is 12.0. The second kappa shape index (κ2) is 10.7. The molecule has 28 heavy (non-hydrogen) atoms. The summed E-state index contributed by atoms with van der Waals surface area (Å²) >= 11 is 15.1. The highest BCUT2D eigenvalue weighted by atomic mass is 79.9. The summed E-state index contributed by atoms with van der Waals surface area (Å²) in [5.41, 5.74) is 2.86. The summed E-state index contributed by atoms with van der Waals surface area (Å²) in [7, 11) is 1.23. The van der Waals surface area contributed by atoms with E-state index in [-0.39, 0.29) is 22.2 Å². The first kappa shape index (κ1) is 22.5. The lowest BCUT2D eigenvalue weighted by atomic mass is 10.0. The van der Waals surface area contributed by atoms with Gasteiger partial charge in [-0.3, -0.25) is 9.59 Å². The zero-order valence-electron chi connectivity index (χ0n) is 15.5. The fraction of sp³-hybridized carbons (Fsp3) is 0.300. The smallest absolute Gasteiger partial charge is 0.325 e. The number of rotatable bonds is 3. The molecule has 1 amide bonds. The first-order valence-corrected chi connectivity index (χ1v) is 10.1. The van der Waals surface area contributed by atoms with Gasteiger partial charge in [-0.05, 0) is 65.0 Å². The molecule has 0 aromatic heterocycles. The molecule has 0 unspecified atom stereocenters. The largest absolute Gasteiger partial charge is 0.492 e. The molecule has 0 radical (unpaired) electrons. The van der Waals surface area contributed by atoms with Crippen LogP contribution in [0.1, 0.15) is 27.9 Å². The zero-order chi connectivity index (χ0) is 20.7. The van der Waals surface area contributed by atoms with Gasteiger partial charge >= 0.3 is 5.97 Å². The molecule has 0 spiro atoms. The summed E-state index contributed by atoms with van der Waals surface area (Å²) in [6.07, 6.45) is 2.30. The van der Waals surface area contributed by atoms with Crippen molar-refractivity contribution in [2.75, 3.05) is 20.3 Å². The minimum absolute atomic E-state index is 0.148. The van der Waals surface area contributed by atoms with E-state index in [1.165, 1.54) is 18.2 Å². The maximum absolute atomic E-state index is 11.6. The van der Waals surface area contributed by atoms with Crippen molar-refractivity contribution in [1.29, 1.82) is 0 Å². The number of aryl methyl sites for hydroxylation is 1. The van der Waals surface area contributed by atoms with Gasteiger partial charge in [0, 0.05) is 0 Å². The standard InChI is InChI=1S/C10H11BrO.C10H9Cl2NO3/c1-7-4-5-9(11)10-8(7)3-2-6-12-10;1-16-8(14)5-13-10(15)9-6(11)3-2-4-7(9)12/h4-5H,2-3,6H2,1H3;2-4H,5H2,1H3,(H,13,15). The van der Waals surface area contributed by atoms with E-state index in [0.29, 0.717) is 0 Å². The Kier molecular flexibility index (Phi) is 8.60. The third kappa shape index (κ3) is 5.87. The fourth-order valence-corrected chi connectivity index (χ4v) is 3.67. The highest BCUT2D eigenvalue weighted by molar-refractivity contribution is 9.10. The van der Waals surface area contributed by atoms with Crippen molar-refractivity contribution >= 4 is 51.0 Å². The highest BCUT2D eigenvalue weighted by Crippen LogP contribution is 2.34. The number of carbonyl (C=O) groups excluding carboxylic acids is 2. The summed E-state index contributed by atoms with van der Waals surface area (Å²) in [5, 5.41) is 2.81. The second-order valence-corrected chi connectivity index (χ2v) is 7.65. The van der Waals surface area contributed by atoms with Crippen LogP contribution >= 0.6 is 39.1 Å². The van der Waals surface area contributed by atoms with E-state index in [4.69, 9.17) is 27.9 Å². The lowest BCUT2D eigenvalue weighted by Crippen LogP contribution is -2.30. The van der Waals surface area contributed by atoms with Crippen LogP contribution in [-0.2, 0) is 16.0 Å². The summed E-state index contributed by atoms with van der Waals surface area (Å²) in [6.45, 7) is 2.77. The molecule has 1 N–H and O–H groups in total. The number of methoxy groups -OCH3 is 1. The SMILES string of the molecule is COC(=O)CNC(=O)c1c(Cl)cccc1Cl.Cc1ccc(Br)c2c1CCCO2. The summed E-state index contributed by atoms with van der Waals surface area (Å²) in [5.74, 6) is -0.00113. The molecule has 2 aromatic carbocycles. The number of esters is 1. The van der Waals surface area contributed by atoms with Crippen LogP contribution < -0.4 is 10.1 Å². The molecule has 1 aliphatic heterocycles. The fourth-order valence-electron chi connectivity index (χ4n) is 2.62. The van der Waals surface area contributed by atoms with Crippen LogP contribution in [0.25, 0.3) is 0 Å². The number of carbonyl (C=O) groups is 2. The lowest BCUT2D eigenvalue weighted by Gasteiger charge is -2.20. The average molecular weight is 489 g/mol. The van der Waals surface area contributed by atoms with Gasteiger partial charge in [-0.2, -0.15) is 0 Å². The molecular formula is C20H20BrCl2NO4. The maximum Gasteiger partial charge on any atom is 0.325 e. The van der Waals surface area contributed by atoms with E-state index in [9.17, 15) is 9.59 Å². The van der Waals surface area contributed by atoms with Crippen molar-refractivity contribution < 1.29 is 19.1 Å². The molecule has 1 heterocycles. The number of amides is 1. The van der Waals surface area contributed by atoms with E-state index in [1.807, 2.05) is 0 Å². The predicted octanol–water partition coefficient (Wildman–Crippen LogP) is 4.98. The van der Waals surface area contributed by atoms with E-state index in [2.05, 4.69) is 45.0 Å². The van der Waals surface area contributed by atoms with Gasteiger partial charge in [0.2, 0.25) is 0 Å². The Morgan fingerprint density at radius 3 is 2.50 bits per heavy atom. The second-order valence-electron chi connectivity index (χ2n) is 5.98. The minimum Gasteiger partial charge on any atom is -0.492 e. The Balaban J connectivity index is 0.000000207. The van der Waals surface area contributed by atoms with E-state index in [0.717, 1.165) is 29.7 Å². The Labute approximate surface area is 182 Å².